The van der Waals surface area contributed by atoms with Crippen molar-refractivity contribution in [2.24, 2.45) is 0 Å². The van der Waals surface area contributed by atoms with Crippen LogP contribution in [0.4, 0.5) is 0 Å². The quantitative estimate of drug-likeness (QED) is 0.175. The van der Waals surface area contributed by atoms with Crippen molar-refractivity contribution in [3.8, 4) is 89.9 Å². The van der Waals surface area contributed by atoms with Gasteiger partial charge in [0.25, 0.3) is 0 Å². The number of hydrogen-bond donors (Lipinski definition) is 0. The normalized spacial score (nSPS) is 12.9. The van der Waals surface area contributed by atoms with E-state index < -0.39 is 6.04 Å². The summed E-state index contributed by atoms with van der Waals surface area (Å²) in [4.78, 5) is 10.1. The summed E-state index contributed by atoms with van der Waals surface area (Å²) in [6, 6.07) is 53.3. The molecular weight excluding hydrogens is 645 g/mol. The van der Waals surface area contributed by atoms with Crippen LogP contribution in [0.25, 0.3) is 89.2 Å². The average Bonchev–Trinajstić information content (AvgIpc) is 3.29. The first-order chi connectivity index (χ1) is 28.3. The molecule has 0 radical (unpaired) electrons. The van der Waals surface area contributed by atoms with E-state index in [9.17, 15) is 0 Å². The highest BCUT2D eigenvalue weighted by atomic mass is 16.5. The Morgan fingerprint density at radius 1 is 0.377 bits per heavy atom. The van der Waals surface area contributed by atoms with Crippen molar-refractivity contribution in [1.29, 1.82) is 0 Å². The van der Waals surface area contributed by atoms with E-state index in [-0.39, 0.29) is 29.7 Å². The van der Waals surface area contributed by atoms with Gasteiger partial charge in [0, 0.05) is 27.6 Å². The fourth-order valence-electron chi connectivity index (χ4n) is 7.17. The smallest absolute Gasteiger partial charge is 0.160 e. The lowest BCUT2D eigenvalue weighted by atomic mass is 9.89. The Morgan fingerprint density at radius 2 is 0.943 bits per heavy atom. The first-order valence-corrected chi connectivity index (χ1v) is 17.5. The summed E-state index contributed by atoms with van der Waals surface area (Å²) >= 11 is 0. The number of aromatic nitrogens is 2. The molecule has 10 rings (SSSR count). The fraction of sp³-hybridized carbons (Fsp3) is 0. The predicted molar refractivity (Wildman–Crippen MR) is 218 cm³/mol. The third-order valence-corrected chi connectivity index (χ3v) is 9.82. The summed E-state index contributed by atoms with van der Waals surface area (Å²) < 4.78 is 48.4. The molecule has 3 heteroatoms. The van der Waals surface area contributed by atoms with E-state index in [2.05, 4.69) is 72.8 Å². The first-order valence-electron chi connectivity index (χ1n) is 20.0. The highest BCUT2D eigenvalue weighted by Gasteiger charge is 2.22. The Kier molecular flexibility index (Phi) is 6.28. The molecule has 0 saturated heterocycles. The molecule has 248 valence electrons. The van der Waals surface area contributed by atoms with Crippen LogP contribution >= 0.6 is 0 Å². The number of ether oxygens (including phenoxy) is 1. The van der Waals surface area contributed by atoms with Gasteiger partial charge in [0.2, 0.25) is 0 Å². The fourth-order valence-corrected chi connectivity index (χ4v) is 7.17. The number of fused-ring (bicyclic) bond motifs is 2. The van der Waals surface area contributed by atoms with Gasteiger partial charge in [-0.1, -0.05) is 170 Å². The van der Waals surface area contributed by atoms with Crippen LogP contribution in [0.15, 0.2) is 194 Å². The van der Waals surface area contributed by atoms with Crippen molar-refractivity contribution < 1.29 is 11.6 Å². The van der Waals surface area contributed by atoms with Crippen molar-refractivity contribution in [1.82, 2.24) is 9.97 Å². The van der Waals surface area contributed by atoms with Crippen molar-refractivity contribution in [3.05, 3.63) is 194 Å². The molecule has 0 aliphatic carbocycles. The number of nitrogens with zero attached hydrogens (tertiary/aromatic N) is 2. The van der Waals surface area contributed by atoms with Crippen molar-refractivity contribution in [3.63, 3.8) is 0 Å². The maximum atomic E-state index is 8.65. The summed E-state index contributed by atoms with van der Waals surface area (Å²) in [5.74, 6) is 2.02. The Hall–Kier alpha value is -7.10. The molecule has 0 unspecified atom stereocenters. The van der Waals surface area contributed by atoms with Gasteiger partial charge in [-0.25, -0.2) is 9.97 Å². The molecule has 0 bridgehead atoms. The molecule has 0 fully saturated rings. The number of rotatable bonds is 6. The van der Waals surface area contributed by atoms with E-state index in [1.54, 1.807) is 6.07 Å². The molecular formula is C50H32N2O. The SMILES string of the molecule is [2H]c1c([2H])c([2H])c(-c2ccc3c4c(cccc24)-c2cc(-c4ccc(-c5cc(-c6ccc(-c7ccccc7)cc6)nc(-c6ccccc6)n5)cc4)ccc2O3)c([2H])c1[2H]. The third-order valence-electron chi connectivity index (χ3n) is 9.82. The molecule has 2 heterocycles. The van der Waals surface area contributed by atoms with Gasteiger partial charge in [-0.3, -0.25) is 0 Å². The molecule has 0 amide bonds. The monoisotopic (exact) mass is 681 g/mol. The summed E-state index contributed by atoms with van der Waals surface area (Å²) in [5, 5.41) is 1.58. The van der Waals surface area contributed by atoms with Gasteiger partial charge in [-0.15, -0.1) is 0 Å². The Balaban J connectivity index is 1.02. The molecule has 1 aliphatic heterocycles. The van der Waals surface area contributed by atoms with Crippen LogP contribution in [-0.4, -0.2) is 9.97 Å². The van der Waals surface area contributed by atoms with Crippen LogP contribution in [0, 0.1) is 0 Å². The van der Waals surface area contributed by atoms with Crippen LogP contribution in [0.5, 0.6) is 11.5 Å². The molecule has 1 aromatic heterocycles. The molecule has 0 saturated carbocycles. The second kappa shape index (κ2) is 12.9. The molecule has 0 N–H and O–H groups in total. The lowest BCUT2D eigenvalue weighted by Crippen LogP contribution is -1.98. The van der Waals surface area contributed by atoms with Crippen molar-refractivity contribution >= 4 is 10.8 Å². The molecule has 8 aromatic carbocycles. The first kappa shape index (κ1) is 25.8. The van der Waals surface area contributed by atoms with Crippen LogP contribution in [0.1, 0.15) is 6.85 Å². The van der Waals surface area contributed by atoms with Crippen LogP contribution < -0.4 is 4.74 Å². The van der Waals surface area contributed by atoms with Crippen molar-refractivity contribution in [2.45, 2.75) is 0 Å². The van der Waals surface area contributed by atoms with Gasteiger partial charge >= 0.3 is 0 Å². The minimum Gasteiger partial charge on any atom is -0.456 e. The Labute approximate surface area is 315 Å². The highest BCUT2D eigenvalue weighted by molar-refractivity contribution is 6.10. The van der Waals surface area contributed by atoms with Gasteiger partial charge in [0.15, 0.2) is 5.82 Å². The van der Waals surface area contributed by atoms with Crippen LogP contribution in [0.2, 0.25) is 0 Å². The summed E-state index contributed by atoms with van der Waals surface area (Å²) in [7, 11) is 0. The topological polar surface area (TPSA) is 35.0 Å². The minimum absolute atomic E-state index is 0.169. The standard InChI is InChI=1S/C50H32N2O/c1-4-11-33(12-5-1)34-19-23-37(24-20-34)45-32-46(52-50(51-45)39-15-8-3-9-16-39)38-25-21-35(22-26-38)40-27-29-47-44(31-40)43-18-10-17-42-41(36-13-6-2-7-14-36)28-30-48(53-47)49(42)43/h1-32H/i2D,6D,7D,13D,14D. The molecule has 9 aromatic rings. The zero-order chi connectivity index (χ0) is 39.5. The molecule has 0 atom stereocenters. The van der Waals surface area contributed by atoms with Gasteiger partial charge in [-0.2, -0.15) is 0 Å². The van der Waals surface area contributed by atoms with Crippen LogP contribution in [0.3, 0.4) is 0 Å². The zero-order valence-corrected chi connectivity index (χ0v) is 28.4. The Morgan fingerprint density at radius 3 is 1.62 bits per heavy atom. The van der Waals surface area contributed by atoms with Gasteiger partial charge in [-0.05, 0) is 68.6 Å². The largest absolute Gasteiger partial charge is 0.456 e. The Bertz CT molecular complexity index is 3030. The van der Waals surface area contributed by atoms with Gasteiger partial charge in [0.1, 0.15) is 11.5 Å². The third kappa shape index (κ3) is 5.65. The average molecular weight is 682 g/mol. The van der Waals surface area contributed by atoms with Gasteiger partial charge < -0.3 is 4.74 Å². The minimum atomic E-state index is -0.414. The van der Waals surface area contributed by atoms with E-state index in [1.165, 1.54) is 0 Å². The van der Waals surface area contributed by atoms with Gasteiger partial charge in [0.05, 0.1) is 18.2 Å². The number of benzene rings is 8. The van der Waals surface area contributed by atoms with E-state index in [0.29, 0.717) is 17.1 Å². The van der Waals surface area contributed by atoms with Crippen LogP contribution in [-0.2, 0) is 0 Å². The molecule has 0 spiro atoms. The summed E-state index contributed by atoms with van der Waals surface area (Å²) in [5.41, 5.74) is 11.5. The van der Waals surface area contributed by atoms with E-state index >= 15 is 0 Å². The second-order valence-electron chi connectivity index (χ2n) is 13.0. The molecule has 3 nitrogen and oxygen atoms in total. The highest BCUT2D eigenvalue weighted by Crippen LogP contribution is 2.49. The maximum Gasteiger partial charge on any atom is 0.160 e. The zero-order valence-electron chi connectivity index (χ0n) is 33.4. The lowest BCUT2D eigenvalue weighted by Gasteiger charge is -2.23. The lowest BCUT2D eigenvalue weighted by molar-refractivity contribution is 0.487. The van der Waals surface area contributed by atoms with E-state index in [0.717, 1.165) is 78.0 Å². The maximum absolute atomic E-state index is 8.65. The van der Waals surface area contributed by atoms with E-state index in [1.807, 2.05) is 84.9 Å². The van der Waals surface area contributed by atoms with E-state index in [4.69, 9.17) is 21.6 Å². The van der Waals surface area contributed by atoms with Crippen molar-refractivity contribution in [2.75, 3.05) is 0 Å². The summed E-state index contributed by atoms with van der Waals surface area (Å²) in [6.07, 6.45) is 0. The second-order valence-corrected chi connectivity index (χ2v) is 13.0. The number of hydrogen-bond acceptors (Lipinski definition) is 3. The predicted octanol–water partition coefficient (Wildman–Crippen LogP) is 13.4. The molecule has 53 heavy (non-hydrogen) atoms. The summed E-state index contributed by atoms with van der Waals surface area (Å²) in [6.45, 7) is 0. The molecule has 1 aliphatic rings.